The first-order valence-electron chi connectivity index (χ1n) is 8.47. The van der Waals surface area contributed by atoms with E-state index in [2.05, 4.69) is 43.5 Å². The Kier molecular flexibility index (Phi) is 3.64. The molecule has 1 aliphatic heterocycles. The van der Waals surface area contributed by atoms with Crippen molar-refractivity contribution in [3.8, 4) is 11.3 Å². The zero-order valence-corrected chi connectivity index (χ0v) is 14.7. The van der Waals surface area contributed by atoms with E-state index < -0.39 is 0 Å². The van der Waals surface area contributed by atoms with Crippen LogP contribution in [0.25, 0.3) is 21.5 Å². The quantitative estimate of drug-likeness (QED) is 0.528. The molecule has 1 aliphatic rings. The van der Waals surface area contributed by atoms with Gasteiger partial charge in [0.2, 0.25) is 0 Å². The standard InChI is InChI=1S/C20H15FN4S/c21-16-7-5-14(6-8-16)17-18-19(26-24-17)20(23-12-22-18)25-10-9-13-3-1-2-4-15(13)11-25/h1-8,12H,9-11H2. The second kappa shape index (κ2) is 6.14. The van der Waals surface area contributed by atoms with Crippen molar-refractivity contribution in [2.24, 2.45) is 0 Å². The van der Waals surface area contributed by atoms with Crippen molar-refractivity contribution in [3.05, 3.63) is 71.8 Å². The molecule has 128 valence electrons. The van der Waals surface area contributed by atoms with E-state index in [-0.39, 0.29) is 5.82 Å². The molecule has 2 aromatic heterocycles. The van der Waals surface area contributed by atoms with Gasteiger partial charge >= 0.3 is 0 Å². The van der Waals surface area contributed by atoms with E-state index >= 15 is 0 Å². The van der Waals surface area contributed by atoms with E-state index in [1.54, 1.807) is 18.5 Å². The molecule has 0 radical (unpaired) electrons. The molecule has 0 unspecified atom stereocenters. The van der Waals surface area contributed by atoms with E-state index in [9.17, 15) is 4.39 Å². The molecule has 2 aromatic carbocycles. The monoisotopic (exact) mass is 362 g/mol. The molecule has 5 rings (SSSR count). The SMILES string of the molecule is Fc1ccc(-c2nsc3c(N4CCc5ccccc5C4)ncnc23)cc1. The van der Waals surface area contributed by atoms with Crippen molar-refractivity contribution in [1.82, 2.24) is 14.3 Å². The number of rotatable bonds is 2. The van der Waals surface area contributed by atoms with Crippen molar-refractivity contribution in [2.75, 3.05) is 11.4 Å². The summed E-state index contributed by atoms with van der Waals surface area (Å²) in [4.78, 5) is 11.3. The molecule has 0 saturated carbocycles. The summed E-state index contributed by atoms with van der Waals surface area (Å²) in [6.07, 6.45) is 2.60. The normalized spacial score (nSPS) is 13.8. The number of nitrogens with zero attached hydrogens (tertiary/aromatic N) is 4. The average Bonchev–Trinajstić information content (AvgIpc) is 3.12. The van der Waals surface area contributed by atoms with E-state index in [1.165, 1.54) is 34.8 Å². The minimum absolute atomic E-state index is 0.254. The Bertz CT molecular complexity index is 1090. The highest BCUT2D eigenvalue weighted by atomic mass is 32.1. The maximum atomic E-state index is 13.2. The summed E-state index contributed by atoms with van der Waals surface area (Å²) in [6, 6.07) is 14.9. The van der Waals surface area contributed by atoms with Gasteiger partial charge < -0.3 is 4.90 Å². The maximum Gasteiger partial charge on any atom is 0.152 e. The molecular formula is C20H15FN4S. The summed E-state index contributed by atoms with van der Waals surface area (Å²) in [7, 11) is 0. The molecule has 0 bridgehead atoms. The number of aromatic nitrogens is 3. The van der Waals surface area contributed by atoms with Crippen LogP contribution in [0.5, 0.6) is 0 Å². The third-order valence-electron chi connectivity index (χ3n) is 4.79. The molecule has 0 amide bonds. The second-order valence-corrected chi connectivity index (χ2v) is 7.13. The van der Waals surface area contributed by atoms with Crippen LogP contribution in [0.15, 0.2) is 54.9 Å². The number of benzene rings is 2. The van der Waals surface area contributed by atoms with Gasteiger partial charge in [0.25, 0.3) is 0 Å². The van der Waals surface area contributed by atoms with Crippen molar-refractivity contribution in [3.63, 3.8) is 0 Å². The molecule has 6 heteroatoms. The van der Waals surface area contributed by atoms with Gasteiger partial charge in [-0.2, -0.15) is 4.37 Å². The summed E-state index contributed by atoms with van der Waals surface area (Å²) in [5.41, 5.74) is 5.22. The Balaban J connectivity index is 1.57. The van der Waals surface area contributed by atoms with Gasteiger partial charge in [-0.15, -0.1) is 0 Å². The summed E-state index contributed by atoms with van der Waals surface area (Å²) < 4.78 is 18.8. The molecule has 0 fully saturated rings. The van der Waals surface area contributed by atoms with Crippen molar-refractivity contribution in [2.45, 2.75) is 13.0 Å². The van der Waals surface area contributed by atoms with Crippen LogP contribution in [0.1, 0.15) is 11.1 Å². The van der Waals surface area contributed by atoms with Crippen LogP contribution in [0.2, 0.25) is 0 Å². The number of anilines is 1. The van der Waals surface area contributed by atoms with E-state index in [0.717, 1.165) is 46.8 Å². The fourth-order valence-corrected chi connectivity index (χ4v) is 4.32. The van der Waals surface area contributed by atoms with Gasteiger partial charge in [0.05, 0.1) is 0 Å². The molecular weight excluding hydrogens is 347 g/mol. The fraction of sp³-hybridized carbons (Fsp3) is 0.150. The first kappa shape index (κ1) is 15.4. The zero-order valence-electron chi connectivity index (χ0n) is 13.9. The van der Waals surface area contributed by atoms with Crippen molar-refractivity contribution < 1.29 is 4.39 Å². The third kappa shape index (κ3) is 2.54. The van der Waals surface area contributed by atoms with Crippen molar-refractivity contribution in [1.29, 1.82) is 0 Å². The minimum atomic E-state index is -0.254. The van der Waals surface area contributed by atoms with E-state index in [0.29, 0.717) is 0 Å². The Hall–Kier alpha value is -2.86. The molecule has 4 aromatic rings. The first-order valence-corrected chi connectivity index (χ1v) is 9.25. The van der Waals surface area contributed by atoms with Crippen LogP contribution >= 0.6 is 11.5 Å². The highest BCUT2D eigenvalue weighted by Crippen LogP contribution is 2.35. The lowest BCUT2D eigenvalue weighted by Gasteiger charge is -2.29. The highest BCUT2D eigenvalue weighted by Gasteiger charge is 2.22. The van der Waals surface area contributed by atoms with E-state index in [1.807, 2.05) is 0 Å². The van der Waals surface area contributed by atoms with Gasteiger partial charge in [0, 0.05) is 18.7 Å². The Morgan fingerprint density at radius 1 is 0.962 bits per heavy atom. The average molecular weight is 362 g/mol. The van der Waals surface area contributed by atoms with Gasteiger partial charge in [-0.05, 0) is 53.3 Å². The number of fused-ring (bicyclic) bond motifs is 2. The van der Waals surface area contributed by atoms with Gasteiger partial charge in [0.15, 0.2) is 5.82 Å². The smallest absolute Gasteiger partial charge is 0.152 e. The van der Waals surface area contributed by atoms with Crippen molar-refractivity contribution >= 4 is 27.6 Å². The molecule has 4 nitrogen and oxygen atoms in total. The first-order chi connectivity index (χ1) is 12.8. The van der Waals surface area contributed by atoms with Crippen LogP contribution in [-0.4, -0.2) is 20.9 Å². The molecule has 26 heavy (non-hydrogen) atoms. The predicted octanol–water partition coefficient (Wildman–Crippen LogP) is 4.46. The second-order valence-electron chi connectivity index (χ2n) is 6.35. The summed E-state index contributed by atoms with van der Waals surface area (Å²) in [5.74, 6) is 0.672. The number of halogens is 1. The topological polar surface area (TPSA) is 41.9 Å². The lowest BCUT2D eigenvalue weighted by molar-refractivity contribution is 0.628. The lowest BCUT2D eigenvalue weighted by Crippen LogP contribution is -2.31. The van der Waals surface area contributed by atoms with Crippen LogP contribution < -0.4 is 4.90 Å². The van der Waals surface area contributed by atoms with Crippen LogP contribution in [0.4, 0.5) is 10.2 Å². The van der Waals surface area contributed by atoms with E-state index in [4.69, 9.17) is 0 Å². The largest absolute Gasteiger partial charge is 0.351 e. The summed E-state index contributed by atoms with van der Waals surface area (Å²) >= 11 is 1.40. The van der Waals surface area contributed by atoms with Gasteiger partial charge in [-0.3, -0.25) is 0 Å². The minimum Gasteiger partial charge on any atom is -0.351 e. The van der Waals surface area contributed by atoms with Gasteiger partial charge in [-0.1, -0.05) is 24.3 Å². The zero-order chi connectivity index (χ0) is 17.5. The Morgan fingerprint density at radius 3 is 2.62 bits per heavy atom. The molecule has 3 heterocycles. The van der Waals surface area contributed by atoms with Gasteiger partial charge in [0.1, 0.15) is 28.1 Å². The van der Waals surface area contributed by atoms with Gasteiger partial charge in [-0.25, -0.2) is 14.4 Å². The molecule has 0 atom stereocenters. The Morgan fingerprint density at radius 2 is 1.77 bits per heavy atom. The Labute approximate surface area is 154 Å². The molecule has 0 aliphatic carbocycles. The molecule has 0 spiro atoms. The number of hydrogen-bond donors (Lipinski definition) is 0. The van der Waals surface area contributed by atoms with Crippen LogP contribution in [0, 0.1) is 5.82 Å². The molecule has 0 saturated heterocycles. The number of hydrogen-bond acceptors (Lipinski definition) is 5. The lowest BCUT2D eigenvalue weighted by atomic mass is 10.00. The summed E-state index contributed by atoms with van der Waals surface area (Å²) in [5, 5.41) is 0. The highest BCUT2D eigenvalue weighted by molar-refractivity contribution is 7.14. The fourth-order valence-electron chi connectivity index (χ4n) is 3.45. The summed E-state index contributed by atoms with van der Waals surface area (Å²) in [6.45, 7) is 1.76. The predicted molar refractivity (Wildman–Crippen MR) is 102 cm³/mol. The maximum absolute atomic E-state index is 13.2. The van der Waals surface area contributed by atoms with Crippen LogP contribution in [-0.2, 0) is 13.0 Å². The third-order valence-corrected chi connectivity index (χ3v) is 5.62. The van der Waals surface area contributed by atoms with Crippen LogP contribution in [0.3, 0.4) is 0 Å². The molecule has 0 N–H and O–H groups in total.